The van der Waals surface area contributed by atoms with Crippen LogP contribution in [0.5, 0.6) is 11.6 Å². The van der Waals surface area contributed by atoms with E-state index in [1.54, 1.807) is 30.3 Å². The van der Waals surface area contributed by atoms with Crippen molar-refractivity contribution in [1.82, 2.24) is 9.97 Å². The molecule has 0 saturated carbocycles. The van der Waals surface area contributed by atoms with Crippen molar-refractivity contribution < 1.29 is 4.74 Å². The number of hydrogen-bond acceptors (Lipinski definition) is 6. The lowest BCUT2D eigenvalue weighted by Gasteiger charge is -2.07. The van der Waals surface area contributed by atoms with E-state index in [1.165, 1.54) is 11.8 Å². The number of ether oxygens (including phenoxy) is 1. The molecule has 0 aliphatic heterocycles. The molecule has 0 unspecified atom stereocenters. The predicted octanol–water partition coefficient (Wildman–Crippen LogP) is 2.93. The Hall–Kier alpha value is -1.50. The summed E-state index contributed by atoms with van der Waals surface area (Å²) in [6, 6.07) is 8.64. The number of anilines is 1. The van der Waals surface area contributed by atoms with Gasteiger partial charge in [0.05, 0.1) is 0 Å². The Labute approximate surface area is 114 Å². The third-order valence-electron chi connectivity index (χ3n) is 2.05. The summed E-state index contributed by atoms with van der Waals surface area (Å²) in [6.07, 6.45) is 1.88. The number of thioether (sulfide) groups is 1. The monoisotopic (exact) mass is 282 g/mol. The molecule has 1 aromatic carbocycles. The normalized spacial score (nSPS) is 10.2. The summed E-state index contributed by atoms with van der Waals surface area (Å²) in [4.78, 5) is 8.36. The first-order chi connectivity index (χ1) is 8.71. The number of nitrogens with zero attached hydrogens (tertiary/aromatic N) is 2. The predicted molar refractivity (Wildman–Crippen MR) is 73.1 cm³/mol. The summed E-state index contributed by atoms with van der Waals surface area (Å²) >= 11 is 7.21. The second-order valence-electron chi connectivity index (χ2n) is 3.28. The van der Waals surface area contributed by atoms with Crippen LogP contribution in [-0.4, -0.2) is 16.2 Å². The van der Waals surface area contributed by atoms with Crippen molar-refractivity contribution in [2.75, 3.05) is 11.7 Å². The first kappa shape index (κ1) is 12.9. The average Bonchev–Trinajstić information content (AvgIpc) is 2.41. The van der Waals surface area contributed by atoms with Crippen LogP contribution in [0.4, 0.5) is 5.82 Å². The number of hydrogen-bond donors (Lipinski definition) is 2. The number of aromatic nitrogens is 2. The van der Waals surface area contributed by atoms with E-state index >= 15 is 0 Å². The maximum Gasteiger partial charge on any atom is 0.225 e. The Kier molecular flexibility index (Phi) is 4.24. The maximum atomic E-state index is 5.80. The number of nitrogens with two attached hydrogens (primary N) is 1. The summed E-state index contributed by atoms with van der Waals surface area (Å²) in [5.74, 6) is 6.90. The second-order valence-corrected chi connectivity index (χ2v) is 4.49. The summed E-state index contributed by atoms with van der Waals surface area (Å²) < 4.78 is 5.60. The molecule has 0 saturated heterocycles. The fraction of sp³-hybridized carbons (Fsp3) is 0.0909. The average molecular weight is 283 g/mol. The number of nitrogen functional groups attached to an aromatic ring is 1. The highest BCUT2D eigenvalue weighted by Gasteiger charge is 2.05. The van der Waals surface area contributed by atoms with Gasteiger partial charge in [0.15, 0.2) is 5.16 Å². The van der Waals surface area contributed by atoms with E-state index in [9.17, 15) is 0 Å². The first-order valence-corrected chi connectivity index (χ1v) is 6.64. The first-order valence-electron chi connectivity index (χ1n) is 5.04. The summed E-state index contributed by atoms with van der Waals surface area (Å²) in [6.45, 7) is 0. The van der Waals surface area contributed by atoms with Crippen LogP contribution in [0, 0.1) is 0 Å². The number of halogens is 1. The van der Waals surface area contributed by atoms with Crippen molar-refractivity contribution in [3.8, 4) is 11.6 Å². The van der Waals surface area contributed by atoms with Crippen LogP contribution in [0.3, 0.4) is 0 Å². The Balaban J connectivity index is 2.25. The molecule has 1 aromatic heterocycles. The highest BCUT2D eigenvalue weighted by molar-refractivity contribution is 7.98. The van der Waals surface area contributed by atoms with Crippen molar-refractivity contribution in [3.05, 3.63) is 35.4 Å². The highest BCUT2D eigenvalue weighted by atomic mass is 35.5. The van der Waals surface area contributed by atoms with Gasteiger partial charge in [0.1, 0.15) is 11.6 Å². The van der Waals surface area contributed by atoms with Gasteiger partial charge in [0.25, 0.3) is 0 Å². The minimum absolute atomic E-state index is 0.421. The van der Waals surface area contributed by atoms with Gasteiger partial charge in [-0.3, -0.25) is 0 Å². The van der Waals surface area contributed by atoms with E-state index in [2.05, 4.69) is 15.4 Å². The van der Waals surface area contributed by atoms with Crippen LogP contribution >= 0.6 is 23.4 Å². The molecule has 7 heteroatoms. The van der Waals surface area contributed by atoms with Gasteiger partial charge in [-0.05, 0) is 30.5 Å². The van der Waals surface area contributed by atoms with Crippen LogP contribution in [0.1, 0.15) is 0 Å². The van der Waals surface area contributed by atoms with Gasteiger partial charge >= 0.3 is 0 Å². The van der Waals surface area contributed by atoms with E-state index in [1.807, 2.05) is 6.26 Å². The molecule has 94 valence electrons. The van der Waals surface area contributed by atoms with Gasteiger partial charge in [0, 0.05) is 11.1 Å². The third-order valence-corrected chi connectivity index (χ3v) is 2.85. The number of rotatable bonds is 4. The largest absolute Gasteiger partial charge is 0.439 e. The topological polar surface area (TPSA) is 73.1 Å². The van der Waals surface area contributed by atoms with Crippen LogP contribution < -0.4 is 16.0 Å². The smallest absolute Gasteiger partial charge is 0.225 e. The van der Waals surface area contributed by atoms with Gasteiger partial charge in [0.2, 0.25) is 5.88 Å². The quantitative estimate of drug-likeness (QED) is 0.389. The van der Waals surface area contributed by atoms with Crippen molar-refractivity contribution in [2.24, 2.45) is 5.84 Å². The summed E-state index contributed by atoms with van der Waals surface area (Å²) in [5, 5.41) is 1.23. The van der Waals surface area contributed by atoms with Crippen molar-refractivity contribution in [3.63, 3.8) is 0 Å². The molecule has 0 atom stereocenters. The molecule has 0 amide bonds. The van der Waals surface area contributed by atoms with Crippen LogP contribution in [0.15, 0.2) is 35.5 Å². The molecule has 0 aliphatic rings. The van der Waals surface area contributed by atoms with E-state index in [4.69, 9.17) is 22.2 Å². The van der Waals surface area contributed by atoms with Crippen LogP contribution in [0.2, 0.25) is 5.02 Å². The Morgan fingerprint density at radius 1 is 1.28 bits per heavy atom. The minimum atomic E-state index is 0.421. The fourth-order valence-corrected chi connectivity index (χ4v) is 1.74. The molecule has 1 heterocycles. The molecule has 2 aromatic rings. The van der Waals surface area contributed by atoms with E-state index in [-0.39, 0.29) is 0 Å². The van der Waals surface area contributed by atoms with Crippen LogP contribution in [-0.2, 0) is 0 Å². The standard InChI is InChI=1S/C11H11ClN4OS/c1-18-11-14-9(16-13)6-10(15-11)17-8-4-2-7(12)3-5-8/h2-6H,13H2,1H3,(H,14,15,16). The number of benzene rings is 1. The molecule has 2 rings (SSSR count). The van der Waals surface area contributed by atoms with E-state index in [0.29, 0.717) is 27.6 Å². The lowest BCUT2D eigenvalue weighted by atomic mass is 10.3. The zero-order valence-electron chi connectivity index (χ0n) is 9.55. The molecule has 5 nitrogen and oxygen atoms in total. The maximum absolute atomic E-state index is 5.80. The van der Waals surface area contributed by atoms with E-state index < -0.39 is 0 Å². The van der Waals surface area contributed by atoms with Crippen molar-refractivity contribution in [1.29, 1.82) is 0 Å². The molecule has 0 radical (unpaired) electrons. The van der Waals surface area contributed by atoms with Gasteiger partial charge in [-0.15, -0.1) is 0 Å². The van der Waals surface area contributed by atoms with Gasteiger partial charge < -0.3 is 10.2 Å². The highest BCUT2D eigenvalue weighted by Crippen LogP contribution is 2.24. The minimum Gasteiger partial charge on any atom is -0.439 e. The van der Waals surface area contributed by atoms with Gasteiger partial charge in [-0.1, -0.05) is 23.4 Å². The van der Waals surface area contributed by atoms with Gasteiger partial charge in [-0.25, -0.2) is 10.8 Å². The van der Waals surface area contributed by atoms with Crippen molar-refractivity contribution in [2.45, 2.75) is 5.16 Å². The molecule has 0 fully saturated rings. The molecular weight excluding hydrogens is 272 g/mol. The summed E-state index contributed by atoms with van der Waals surface area (Å²) in [7, 11) is 0. The molecule has 0 aliphatic carbocycles. The SMILES string of the molecule is CSc1nc(NN)cc(Oc2ccc(Cl)cc2)n1. The molecule has 18 heavy (non-hydrogen) atoms. The van der Waals surface area contributed by atoms with Gasteiger partial charge in [-0.2, -0.15) is 4.98 Å². The molecular formula is C11H11ClN4OS. The molecule has 0 bridgehead atoms. The zero-order valence-corrected chi connectivity index (χ0v) is 11.1. The van der Waals surface area contributed by atoms with Crippen LogP contribution in [0.25, 0.3) is 0 Å². The Bertz CT molecular complexity index is 513. The molecule has 3 N–H and O–H groups in total. The number of nitrogens with one attached hydrogen (secondary N) is 1. The second kappa shape index (κ2) is 5.90. The van der Waals surface area contributed by atoms with E-state index in [0.717, 1.165) is 0 Å². The number of hydrazine groups is 1. The zero-order chi connectivity index (χ0) is 13.0. The summed E-state index contributed by atoms with van der Waals surface area (Å²) in [5.41, 5.74) is 2.47. The van der Waals surface area contributed by atoms with Crippen molar-refractivity contribution >= 4 is 29.2 Å². The third kappa shape index (κ3) is 3.25. The molecule has 0 spiro atoms. The Morgan fingerprint density at radius 2 is 2.00 bits per heavy atom. The fourth-order valence-electron chi connectivity index (χ4n) is 1.24. The lowest BCUT2D eigenvalue weighted by molar-refractivity contribution is 0.456. The Morgan fingerprint density at radius 3 is 2.61 bits per heavy atom. The lowest BCUT2D eigenvalue weighted by Crippen LogP contribution is -2.09.